The lowest BCUT2D eigenvalue weighted by atomic mass is 9.90. The van der Waals surface area contributed by atoms with Gasteiger partial charge < -0.3 is 9.73 Å². The first-order chi connectivity index (χ1) is 9.26. The number of hydrogen-bond acceptors (Lipinski definition) is 4. The molecule has 2 aliphatic rings. The number of nitrogens with zero attached hydrogens (tertiary/aromatic N) is 2. The molecule has 0 radical (unpaired) electrons. The molecule has 0 amide bonds. The van der Waals surface area contributed by atoms with Gasteiger partial charge in [0, 0.05) is 24.2 Å². The van der Waals surface area contributed by atoms with E-state index in [1.165, 1.54) is 25.7 Å². The van der Waals surface area contributed by atoms with Gasteiger partial charge in [-0.25, -0.2) is 4.98 Å². The molecule has 2 aromatic heterocycles. The van der Waals surface area contributed by atoms with E-state index in [2.05, 4.69) is 15.3 Å². The Balaban J connectivity index is 1.54. The topological polar surface area (TPSA) is 51.0 Å². The SMILES string of the molecule is Cc1ccc2oc(CC3CC4CCC(C3)N4)nc2n1. The molecule has 2 aromatic rings. The largest absolute Gasteiger partial charge is 0.439 e. The lowest BCUT2D eigenvalue weighted by Gasteiger charge is -2.28. The molecule has 4 rings (SSSR count). The summed E-state index contributed by atoms with van der Waals surface area (Å²) in [6.45, 7) is 1.98. The fourth-order valence-electron chi connectivity index (χ4n) is 3.63. The predicted octanol–water partition coefficient (Wildman–Crippen LogP) is 2.60. The quantitative estimate of drug-likeness (QED) is 0.898. The smallest absolute Gasteiger partial charge is 0.199 e. The van der Waals surface area contributed by atoms with E-state index in [0.717, 1.165) is 41.3 Å². The fraction of sp³-hybridized carbons (Fsp3) is 0.600. The first kappa shape index (κ1) is 11.4. The molecule has 0 spiro atoms. The molecule has 19 heavy (non-hydrogen) atoms. The maximum Gasteiger partial charge on any atom is 0.199 e. The monoisotopic (exact) mass is 257 g/mol. The number of hydrogen-bond donors (Lipinski definition) is 1. The minimum absolute atomic E-state index is 0.716. The van der Waals surface area contributed by atoms with E-state index >= 15 is 0 Å². The van der Waals surface area contributed by atoms with Crippen molar-refractivity contribution in [3.8, 4) is 0 Å². The summed E-state index contributed by atoms with van der Waals surface area (Å²) < 4.78 is 5.82. The Morgan fingerprint density at radius 3 is 2.79 bits per heavy atom. The number of rotatable bonds is 2. The lowest BCUT2D eigenvalue weighted by molar-refractivity contribution is 0.284. The van der Waals surface area contributed by atoms with Crippen LogP contribution in [-0.2, 0) is 6.42 Å². The molecule has 4 heteroatoms. The molecule has 2 bridgehead atoms. The zero-order valence-electron chi connectivity index (χ0n) is 11.2. The van der Waals surface area contributed by atoms with Crippen LogP contribution in [0.4, 0.5) is 0 Å². The lowest BCUT2D eigenvalue weighted by Crippen LogP contribution is -2.38. The number of fused-ring (bicyclic) bond motifs is 3. The number of pyridine rings is 1. The van der Waals surface area contributed by atoms with Crippen LogP contribution in [0.5, 0.6) is 0 Å². The van der Waals surface area contributed by atoms with Gasteiger partial charge in [0.2, 0.25) is 0 Å². The summed E-state index contributed by atoms with van der Waals surface area (Å²) >= 11 is 0. The summed E-state index contributed by atoms with van der Waals surface area (Å²) in [5.41, 5.74) is 2.57. The Morgan fingerprint density at radius 2 is 2.00 bits per heavy atom. The Morgan fingerprint density at radius 1 is 1.21 bits per heavy atom. The third kappa shape index (κ3) is 2.14. The number of nitrogens with one attached hydrogen (secondary N) is 1. The zero-order chi connectivity index (χ0) is 12.8. The summed E-state index contributed by atoms with van der Waals surface area (Å²) in [6, 6.07) is 5.41. The van der Waals surface area contributed by atoms with Gasteiger partial charge >= 0.3 is 0 Å². The third-order valence-electron chi connectivity index (χ3n) is 4.47. The third-order valence-corrected chi connectivity index (χ3v) is 4.47. The van der Waals surface area contributed by atoms with E-state index in [1.807, 2.05) is 19.1 Å². The standard InChI is InChI=1S/C15H19N3O/c1-9-2-5-13-15(16-9)18-14(19-13)8-10-6-11-3-4-12(7-10)17-11/h2,5,10-12,17H,3-4,6-8H2,1H3. The van der Waals surface area contributed by atoms with Crippen LogP contribution in [0.25, 0.3) is 11.2 Å². The molecule has 2 saturated heterocycles. The van der Waals surface area contributed by atoms with Crippen molar-refractivity contribution in [3.05, 3.63) is 23.7 Å². The molecule has 2 fully saturated rings. The molecule has 0 saturated carbocycles. The van der Waals surface area contributed by atoms with Crippen molar-refractivity contribution in [2.75, 3.05) is 0 Å². The van der Waals surface area contributed by atoms with Gasteiger partial charge in [0.15, 0.2) is 17.1 Å². The molecule has 100 valence electrons. The zero-order valence-corrected chi connectivity index (χ0v) is 11.2. The first-order valence-electron chi connectivity index (χ1n) is 7.25. The summed E-state index contributed by atoms with van der Waals surface area (Å²) in [7, 11) is 0. The maximum atomic E-state index is 5.82. The highest BCUT2D eigenvalue weighted by atomic mass is 16.3. The molecule has 0 aromatic carbocycles. The Hall–Kier alpha value is -1.42. The second-order valence-electron chi connectivity index (χ2n) is 6.06. The van der Waals surface area contributed by atoms with Gasteiger partial charge in [-0.1, -0.05) is 0 Å². The van der Waals surface area contributed by atoms with Crippen LogP contribution in [0.3, 0.4) is 0 Å². The van der Waals surface area contributed by atoms with Crippen molar-refractivity contribution in [3.63, 3.8) is 0 Å². The molecule has 2 unspecified atom stereocenters. The highest BCUT2D eigenvalue weighted by Gasteiger charge is 2.34. The maximum absolute atomic E-state index is 5.82. The highest BCUT2D eigenvalue weighted by molar-refractivity contribution is 5.67. The molecule has 1 N–H and O–H groups in total. The molecule has 2 atom stereocenters. The van der Waals surface area contributed by atoms with Crippen molar-refractivity contribution >= 4 is 11.2 Å². The normalized spacial score (nSPS) is 30.1. The summed E-state index contributed by atoms with van der Waals surface area (Å²) in [5, 5.41) is 3.68. The molecule has 0 aliphatic carbocycles. The Kier molecular flexibility index (Phi) is 2.58. The van der Waals surface area contributed by atoms with Crippen LogP contribution in [0.15, 0.2) is 16.5 Å². The van der Waals surface area contributed by atoms with Crippen molar-refractivity contribution in [1.29, 1.82) is 0 Å². The van der Waals surface area contributed by atoms with Crippen molar-refractivity contribution in [2.24, 2.45) is 5.92 Å². The number of aromatic nitrogens is 2. The summed E-state index contributed by atoms with van der Waals surface area (Å²) in [4.78, 5) is 8.95. The van der Waals surface area contributed by atoms with Gasteiger partial charge in [-0.3, -0.25) is 0 Å². The highest BCUT2D eigenvalue weighted by Crippen LogP contribution is 2.33. The van der Waals surface area contributed by atoms with Crippen LogP contribution in [-0.4, -0.2) is 22.1 Å². The van der Waals surface area contributed by atoms with Crippen molar-refractivity contribution < 1.29 is 4.42 Å². The van der Waals surface area contributed by atoms with E-state index in [4.69, 9.17) is 4.42 Å². The molecular formula is C15H19N3O. The average Bonchev–Trinajstić information content (AvgIpc) is 2.92. The van der Waals surface area contributed by atoms with Crippen LogP contribution < -0.4 is 5.32 Å². The van der Waals surface area contributed by atoms with Gasteiger partial charge in [-0.2, -0.15) is 4.98 Å². The fourth-order valence-corrected chi connectivity index (χ4v) is 3.63. The van der Waals surface area contributed by atoms with Crippen LogP contribution in [0, 0.1) is 12.8 Å². The molecule has 4 heterocycles. The van der Waals surface area contributed by atoms with Gasteiger partial charge in [0.1, 0.15) is 0 Å². The Labute approximate surface area is 112 Å². The van der Waals surface area contributed by atoms with E-state index in [1.54, 1.807) is 0 Å². The van der Waals surface area contributed by atoms with E-state index in [0.29, 0.717) is 5.92 Å². The van der Waals surface area contributed by atoms with E-state index in [-0.39, 0.29) is 0 Å². The van der Waals surface area contributed by atoms with Gasteiger partial charge in [0.05, 0.1) is 0 Å². The first-order valence-corrected chi connectivity index (χ1v) is 7.25. The number of oxazole rings is 1. The van der Waals surface area contributed by atoms with Crippen LogP contribution in [0.2, 0.25) is 0 Å². The average molecular weight is 257 g/mol. The molecular weight excluding hydrogens is 238 g/mol. The van der Waals surface area contributed by atoms with Gasteiger partial charge in [-0.15, -0.1) is 0 Å². The van der Waals surface area contributed by atoms with Gasteiger partial charge in [0.25, 0.3) is 0 Å². The van der Waals surface area contributed by atoms with E-state index in [9.17, 15) is 0 Å². The van der Waals surface area contributed by atoms with Crippen molar-refractivity contribution in [2.45, 2.75) is 51.1 Å². The molecule has 2 aliphatic heterocycles. The Bertz CT molecular complexity index is 594. The minimum Gasteiger partial charge on any atom is -0.439 e. The predicted molar refractivity (Wildman–Crippen MR) is 72.9 cm³/mol. The van der Waals surface area contributed by atoms with Gasteiger partial charge in [-0.05, 0) is 50.7 Å². The summed E-state index contributed by atoms with van der Waals surface area (Å²) in [6.07, 6.45) is 6.18. The second-order valence-corrected chi connectivity index (χ2v) is 6.06. The molecule has 4 nitrogen and oxygen atoms in total. The minimum atomic E-state index is 0.716. The number of piperidine rings is 1. The van der Waals surface area contributed by atoms with E-state index < -0.39 is 0 Å². The van der Waals surface area contributed by atoms with Crippen molar-refractivity contribution in [1.82, 2.24) is 15.3 Å². The summed E-state index contributed by atoms with van der Waals surface area (Å²) in [5.74, 6) is 1.58. The van der Waals surface area contributed by atoms with Crippen LogP contribution >= 0.6 is 0 Å². The van der Waals surface area contributed by atoms with Crippen LogP contribution in [0.1, 0.15) is 37.3 Å². The second kappa shape index (κ2) is 4.30. The number of aryl methyl sites for hydroxylation is 1.